The summed E-state index contributed by atoms with van der Waals surface area (Å²) in [7, 11) is 0. The molecule has 0 saturated heterocycles. The summed E-state index contributed by atoms with van der Waals surface area (Å²) in [5.41, 5.74) is 4.30. The molecule has 0 unspecified atom stereocenters. The van der Waals surface area contributed by atoms with Crippen molar-refractivity contribution in [2.45, 2.75) is 20.8 Å². The third kappa shape index (κ3) is 4.48. The highest BCUT2D eigenvalue weighted by atomic mass is 79.9. The molecule has 0 atom stereocenters. The summed E-state index contributed by atoms with van der Waals surface area (Å²) in [6.07, 6.45) is 1.36. The molecule has 0 aromatic heterocycles. The van der Waals surface area contributed by atoms with E-state index < -0.39 is 0 Å². The number of nitrogens with zero attached hydrogens (tertiary/aromatic N) is 1. The molecule has 5 heteroatoms. The van der Waals surface area contributed by atoms with Crippen LogP contribution in [0.3, 0.4) is 0 Å². The molecule has 122 valence electrons. The molecular weight excluding hydrogens is 358 g/mol. The second-order valence-corrected chi connectivity index (χ2v) is 6.14. The first-order chi connectivity index (χ1) is 11.0. The van der Waals surface area contributed by atoms with Crippen LogP contribution in [0.4, 0.5) is 0 Å². The quantitative estimate of drug-likeness (QED) is 0.345. The molecule has 0 radical (unpaired) electrons. The molecule has 0 aliphatic rings. The lowest BCUT2D eigenvalue weighted by atomic mass is 10.1. The van der Waals surface area contributed by atoms with Gasteiger partial charge >= 0.3 is 0 Å². The van der Waals surface area contributed by atoms with Gasteiger partial charge in [0.05, 0.1) is 10.7 Å². The van der Waals surface area contributed by atoms with Gasteiger partial charge < -0.3 is 14.7 Å². The van der Waals surface area contributed by atoms with Gasteiger partial charge in [0.25, 0.3) is 0 Å². The van der Waals surface area contributed by atoms with E-state index in [0.717, 1.165) is 27.1 Å². The van der Waals surface area contributed by atoms with E-state index in [1.165, 1.54) is 17.3 Å². The number of halogens is 1. The zero-order valence-corrected chi connectivity index (χ0v) is 15.1. The lowest BCUT2D eigenvalue weighted by Crippen LogP contribution is -2.11. The first kappa shape index (κ1) is 17.3. The van der Waals surface area contributed by atoms with Crippen LogP contribution in [-0.4, -0.2) is 24.6 Å². The molecule has 0 saturated carbocycles. The summed E-state index contributed by atoms with van der Waals surface area (Å²) >= 11 is 3.44. The third-order valence-electron chi connectivity index (χ3n) is 3.62. The maximum atomic E-state index is 8.53. The lowest BCUT2D eigenvalue weighted by molar-refractivity contribution is 0.214. The van der Waals surface area contributed by atoms with Gasteiger partial charge in [-0.2, -0.15) is 0 Å². The first-order valence-corrected chi connectivity index (χ1v) is 8.11. The number of ether oxygens (including phenoxy) is 2. The number of hydrogen-bond acceptors (Lipinski definition) is 4. The van der Waals surface area contributed by atoms with Gasteiger partial charge in [0.2, 0.25) is 0 Å². The first-order valence-electron chi connectivity index (χ1n) is 7.32. The Morgan fingerprint density at radius 1 is 1.04 bits per heavy atom. The molecule has 2 aromatic rings. The summed E-state index contributed by atoms with van der Waals surface area (Å²) in [4.78, 5) is 0. The average molecular weight is 378 g/mol. The van der Waals surface area contributed by atoms with Crippen LogP contribution in [-0.2, 0) is 0 Å². The fourth-order valence-electron chi connectivity index (χ4n) is 2.22. The van der Waals surface area contributed by atoms with E-state index in [0.29, 0.717) is 13.2 Å². The van der Waals surface area contributed by atoms with Crippen LogP contribution in [0.5, 0.6) is 11.5 Å². The molecule has 23 heavy (non-hydrogen) atoms. The van der Waals surface area contributed by atoms with Gasteiger partial charge in [-0.3, -0.25) is 0 Å². The van der Waals surface area contributed by atoms with Gasteiger partial charge in [-0.05, 0) is 77.2 Å². The predicted molar refractivity (Wildman–Crippen MR) is 95.2 cm³/mol. The van der Waals surface area contributed by atoms with Crippen molar-refractivity contribution in [3.05, 3.63) is 57.1 Å². The summed E-state index contributed by atoms with van der Waals surface area (Å²) in [6.45, 7) is 7.10. The van der Waals surface area contributed by atoms with E-state index in [2.05, 4.69) is 47.1 Å². The monoisotopic (exact) mass is 377 g/mol. The molecule has 0 bridgehead atoms. The Morgan fingerprint density at radius 3 is 2.43 bits per heavy atom. The van der Waals surface area contributed by atoms with Crippen molar-refractivity contribution in [2.24, 2.45) is 5.16 Å². The van der Waals surface area contributed by atoms with Crippen LogP contribution in [0.25, 0.3) is 0 Å². The Balaban J connectivity index is 1.92. The zero-order valence-electron chi connectivity index (χ0n) is 13.5. The van der Waals surface area contributed by atoms with Crippen LogP contribution in [0.1, 0.15) is 22.3 Å². The summed E-state index contributed by atoms with van der Waals surface area (Å²) in [5.74, 6) is 1.66. The van der Waals surface area contributed by atoms with E-state index in [4.69, 9.17) is 14.7 Å². The van der Waals surface area contributed by atoms with E-state index in [-0.39, 0.29) is 0 Å². The molecule has 1 N–H and O–H groups in total. The molecule has 0 amide bonds. The molecule has 4 nitrogen and oxygen atoms in total. The number of aryl methyl sites for hydroxylation is 2. The van der Waals surface area contributed by atoms with E-state index in [1.807, 2.05) is 25.1 Å². The second-order valence-electron chi connectivity index (χ2n) is 5.28. The minimum absolute atomic E-state index is 0.443. The average Bonchev–Trinajstić information content (AvgIpc) is 2.52. The van der Waals surface area contributed by atoms with Gasteiger partial charge in [0.15, 0.2) is 0 Å². The number of benzene rings is 2. The molecule has 2 aromatic carbocycles. The predicted octanol–water partition coefficient (Wildman–Crippen LogP) is 4.64. The second kappa shape index (κ2) is 8.02. The van der Waals surface area contributed by atoms with Gasteiger partial charge in [0.1, 0.15) is 24.7 Å². The van der Waals surface area contributed by atoms with E-state index in [1.54, 1.807) is 0 Å². The molecule has 0 spiro atoms. The SMILES string of the molecule is Cc1ccc(C)c(OCCOc2ccc(C=NO)cc2Br)c1C. The van der Waals surface area contributed by atoms with Crippen molar-refractivity contribution < 1.29 is 14.7 Å². The van der Waals surface area contributed by atoms with E-state index in [9.17, 15) is 0 Å². The number of hydrogen-bond donors (Lipinski definition) is 1. The van der Waals surface area contributed by atoms with Crippen LogP contribution in [0, 0.1) is 20.8 Å². The van der Waals surface area contributed by atoms with Crippen molar-refractivity contribution in [2.75, 3.05) is 13.2 Å². The van der Waals surface area contributed by atoms with Gasteiger partial charge in [0, 0.05) is 0 Å². The Morgan fingerprint density at radius 2 is 1.74 bits per heavy atom. The van der Waals surface area contributed by atoms with Crippen molar-refractivity contribution >= 4 is 22.1 Å². The Bertz CT molecular complexity index is 714. The van der Waals surface area contributed by atoms with Crippen molar-refractivity contribution in [3.63, 3.8) is 0 Å². The molecule has 0 aliphatic heterocycles. The topological polar surface area (TPSA) is 51.0 Å². The van der Waals surface area contributed by atoms with Gasteiger partial charge in [-0.1, -0.05) is 17.3 Å². The zero-order chi connectivity index (χ0) is 16.8. The smallest absolute Gasteiger partial charge is 0.133 e. The molecule has 0 aliphatic carbocycles. The normalized spacial score (nSPS) is 11.0. The van der Waals surface area contributed by atoms with Gasteiger partial charge in [-0.25, -0.2) is 0 Å². The maximum absolute atomic E-state index is 8.53. The minimum Gasteiger partial charge on any atom is -0.489 e. The van der Waals surface area contributed by atoms with Gasteiger partial charge in [-0.15, -0.1) is 0 Å². The lowest BCUT2D eigenvalue weighted by Gasteiger charge is -2.14. The number of oxime groups is 1. The molecule has 0 heterocycles. The highest BCUT2D eigenvalue weighted by Gasteiger charge is 2.07. The highest BCUT2D eigenvalue weighted by molar-refractivity contribution is 9.10. The van der Waals surface area contributed by atoms with Crippen molar-refractivity contribution in [1.82, 2.24) is 0 Å². The molecular formula is C18H20BrNO3. The van der Waals surface area contributed by atoms with Crippen LogP contribution >= 0.6 is 15.9 Å². The Hall–Kier alpha value is -2.01. The summed E-state index contributed by atoms with van der Waals surface area (Å²) in [5, 5.41) is 11.5. The fourth-order valence-corrected chi connectivity index (χ4v) is 2.74. The van der Waals surface area contributed by atoms with Crippen LogP contribution in [0.15, 0.2) is 40.0 Å². The largest absolute Gasteiger partial charge is 0.489 e. The highest BCUT2D eigenvalue weighted by Crippen LogP contribution is 2.27. The fraction of sp³-hybridized carbons (Fsp3) is 0.278. The van der Waals surface area contributed by atoms with E-state index >= 15 is 0 Å². The third-order valence-corrected chi connectivity index (χ3v) is 4.24. The molecule has 0 fully saturated rings. The maximum Gasteiger partial charge on any atom is 0.133 e. The summed E-state index contributed by atoms with van der Waals surface area (Å²) < 4.78 is 12.4. The summed E-state index contributed by atoms with van der Waals surface area (Å²) in [6, 6.07) is 9.63. The minimum atomic E-state index is 0.443. The van der Waals surface area contributed by atoms with Crippen molar-refractivity contribution in [1.29, 1.82) is 0 Å². The Kier molecular flexibility index (Phi) is 6.04. The Labute approximate surface area is 144 Å². The van der Waals surface area contributed by atoms with Crippen LogP contribution < -0.4 is 9.47 Å². The van der Waals surface area contributed by atoms with Crippen molar-refractivity contribution in [3.8, 4) is 11.5 Å². The standard InChI is InChI=1S/C18H20BrNO3/c1-12-4-5-13(2)18(14(12)3)23-9-8-22-17-7-6-15(11-20-21)10-16(17)19/h4-7,10-11,21H,8-9H2,1-3H3. The number of rotatable bonds is 6. The van der Waals surface area contributed by atoms with Crippen LogP contribution in [0.2, 0.25) is 0 Å². The molecule has 2 rings (SSSR count).